The van der Waals surface area contributed by atoms with E-state index in [0.717, 1.165) is 23.7 Å². The van der Waals surface area contributed by atoms with E-state index in [1.165, 1.54) is 12.0 Å². The van der Waals surface area contributed by atoms with E-state index in [0.29, 0.717) is 10.4 Å². The van der Waals surface area contributed by atoms with Crippen LogP contribution in [0.3, 0.4) is 0 Å². The maximum absolute atomic E-state index is 5.75. The molecule has 1 aromatic carbocycles. The average Bonchev–Trinajstić information content (AvgIpc) is 2.84. The van der Waals surface area contributed by atoms with Gasteiger partial charge in [0.25, 0.3) is 0 Å². The van der Waals surface area contributed by atoms with E-state index >= 15 is 0 Å². The van der Waals surface area contributed by atoms with Gasteiger partial charge in [-0.2, -0.15) is 0 Å². The zero-order valence-electron chi connectivity index (χ0n) is 10.7. The first-order valence-corrected chi connectivity index (χ1v) is 6.46. The predicted molar refractivity (Wildman–Crippen MR) is 77.4 cm³/mol. The number of anilines is 1. The van der Waals surface area contributed by atoms with Gasteiger partial charge >= 0.3 is 0 Å². The first kappa shape index (κ1) is 12.4. The topological polar surface area (TPSA) is 38.0 Å². The molecule has 1 saturated carbocycles. The van der Waals surface area contributed by atoms with E-state index in [1.807, 2.05) is 12.1 Å². The highest BCUT2D eigenvalue weighted by molar-refractivity contribution is 7.80. The molecule has 0 aromatic heterocycles. The Morgan fingerprint density at radius 3 is 2.71 bits per heavy atom. The van der Waals surface area contributed by atoms with E-state index in [-0.39, 0.29) is 0 Å². The highest BCUT2D eigenvalue weighted by atomic mass is 32.1. The van der Waals surface area contributed by atoms with Crippen molar-refractivity contribution in [3.8, 4) is 0 Å². The molecular weight excluding hydrogens is 228 g/mol. The Kier molecular flexibility index (Phi) is 3.13. The monoisotopic (exact) mass is 248 g/mol. The summed E-state index contributed by atoms with van der Waals surface area (Å²) >= 11 is 5.09. The number of nitrogens with two attached hydrogens (primary N) is 1. The van der Waals surface area contributed by atoms with Crippen LogP contribution in [0.1, 0.15) is 31.4 Å². The van der Waals surface area contributed by atoms with E-state index in [9.17, 15) is 0 Å². The number of thiocarbonyl (C=S) groups is 1. The van der Waals surface area contributed by atoms with Gasteiger partial charge < -0.3 is 11.1 Å². The number of nitrogens with one attached hydrogen (secondary N) is 1. The Morgan fingerprint density at radius 1 is 1.53 bits per heavy atom. The van der Waals surface area contributed by atoms with Gasteiger partial charge in [0.1, 0.15) is 4.99 Å². The molecule has 1 fully saturated rings. The lowest BCUT2D eigenvalue weighted by Crippen LogP contribution is -2.16. The number of rotatable bonds is 4. The molecule has 0 aliphatic heterocycles. The lowest BCUT2D eigenvalue weighted by Gasteiger charge is -2.14. The van der Waals surface area contributed by atoms with Crippen molar-refractivity contribution in [2.24, 2.45) is 17.1 Å². The van der Waals surface area contributed by atoms with Gasteiger partial charge in [0.2, 0.25) is 0 Å². The van der Waals surface area contributed by atoms with Gasteiger partial charge in [-0.15, -0.1) is 0 Å². The Morgan fingerprint density at radius 2 is 2.18 bits per heavy atom. The lowest BCUT2D eigenvalue weighted by atomic mass is 10.1. The molecule has 0 heterocycles. The number of para-hydroxylation sites is 1. The van der Waals surface area contributed by atoms with Crippen molar-refractivity contribution >= 4 is 22.9 Å². The molecule has 0 radical (unpaired) electrons. The highest BCUT2D eigenvalue weighted by Gasteiger charge is 2.45. The summed E-state index contributed by atoms with van der Waals surface area (Å²) in [5.74, 6) is 0.765. The fourth-order valence-electron chi connectivity index (χ4n) is 2.26. The molecule has 3 N–H and O–H groups in total. The van der Waals surface area contributed by atoms with Crippen molar-refractivity contribution in [3.05, 3.63) is 29.3 Å². The Labute approximate surface area is 109 Å². The SMILES string of the molecule is Cc1cccc(C(N)=S)c1NCC1CC1(C)C. The molecule has 0 amide bonds. The van der Waals surface area contributed by atoms with Crippen LogP contribution in [0.15, 0.2) is 18.2 Å². The smallest absolute Gasteiger partial charge is 0.106 e. The molecule has 1 atom stereocenters. The normalized spacial score (nSPS) is 21.0. The summed E-state index contributed by atoms with van der Waals surface area (Å²) in [5.41, 5.74) is 9.51. The third-order valence-corrected chi connectivity index (χ3v) is 4.00. The Balaban J connectivity index is 2.12. The maximum atomic E-state index is 5.75. The molecule has 2 rings (SSSR count). The van der Waals surface area contributed by atoms with Crippen molar-refractivity contribution in [3.63, 3.8) is 0 Å². The van der Waals surface area contributed by atoms with Crippen molar-refractivity contribution in [1.29, 1.82) is 0 Å². The van der Waals surface area contributed by atoms with Crippen LogP contribution in [0.4, 0.5) is 5.69 Å². The second kappa shape index (κ2) is 4.30. The van der Waals surface area contributed by atoms with Crippen LogP contribution in [0.5, 0.6) is 0 Å². The summed E-state index contributed by atoms with van der Waals surface area (Å²) < 4.78 is 0. The third-order valence-electron chi connectivity index (χ3n) is 3.78. The molecule has 17 heavy (non-hydrogen) atoms. The molecule has 3 heteroatoms. The third kappa shape index (κ3) is 2.60. The van der Waals surface area contributed by atoms with Crippen LogP contribution in [0.25, 0.3) is 0 Å². The minimum Gasteiger partial charge on any atom is -0.389 e. The maximum Gasteiger partial charge on any atom is 0.106 e. The van der Waals surface area contributed by atoms with E-state index in [4.69, 9.17) is 18.0 Å². The van der Waals surface area contributed by atoms with Crippen LogP contribution >= 0.6 is 12.2 Å². The fourth-order valence-corrected chi connectivity index (χ4v) is 2.43. The average molecular weight is 248 g/mol. The second-order valence-electron chi connectivity index (χ2n) is 5.63. The quantitative estimate of drug-likeness (QED) is 0.804. The molecule has 1 unspecified atom stereocenters. The summed E-state index contributed by atoms with van der Waals surface area (Å²) in [6.07, 6.45) is 1.30. The van der Waals surface area contributed by atoms with Crippen molar-refractivity contribution in [2.45, 2.75) is 27.2 Å². The second-order valence-corrected chi connectivity index (χ2v) is 6.07. The van der Waals surface area contributed by atoms with Crippen molar-refractivity contribution in [1.82, 2.24) is 0 Å². The number of benzene rings is 1. The Bertz CT molecular complexity index is 452. The Hall–Kier alpha value is -1.09. The standard InChI is InChI=1S/C14H20N2S/c1-9-5-4-6-11(13(15)17)12(9)16-8-10-7-14(10,2)3/h4-6,10,16H,7-8H2,1-3H3,(H2,15,17). The first-order chi connectivity index (χ1) is 7.92. The summed E-state index contributed by atoms with van der Waals surface area (Å²) in [6.45, 7) is 7.72. The summed E-state index contributed by atoms with van der Waals surface area (Å²) in [6, 6.07) is 6.06. The van der Waals surface area contributed by atoms with Crippen molar-refractivity contribution < 1.29 is 0 Å². The molecule has 0 spiro atoms. The van der Waals surface area contributed by atoms with Gasteiger partial charge in [-0.05, 0) is 36.3 Å². The number of aryl methyl sites for hydroxylation is 1. The van der Waals surface area contributed by atoms with Gasteiger partial charge in [-0.1, -0.05) is 38.2 Å². The fraction of sp³-hybridized carbons (Fsp3) is 0.500. The predicted octanol–water partition coefficient (Wildman–Crippen LogP) is 3.09. The van der Waals surface area contributed by atoms with Crippen LogP contribution in [0.2, 0.25) is 0 Å². The number of hydrogen-bond donors (Lipinski definition) is 2. The molecule has 2 nitrogen and oxygen atoms in total. The van der Waals surface area contributed by atoms with Crippen LogP contribution in [-0.2, 0) is 0 Å². The molecular formula is C14H20N2S. The van der Waals surface area contributed by atoms with Gasteiger partial charge in [0.15, 0.2) is 0 Å². The van der Waals surface area contributed by atoms with E-state index < -0.39 is 0 Å². The minimum absolute atomic E-state index is 0.464. The van der Waals surface area contributed by atoms with Crippen molar-refractivity contribution in [2.75, 3.05) is 11.9 Å². The first-order valence-electron chi connectivity index (χ1n) is 6.05. The molecule has 1 aliphatic rings. The molecule has 1 aliphatic carbocycles. The summed E-state index contributed by atoms with van der Waals surface area (Å²) in [5, 5.41) is 3.51. The van der Waals surface area contributed by atoms with Gasteiger partial charge in [-0.25, -0.2) is 0 Å². The zero-order chi connectivity index (χ0) is 12.6. The highest BCUT2D eigenvalue weighted by Crippen LogP contribution is 2.51. The molecule has 92 valence electrons. The lowest BCUT2D eigenvalue weighted by molar-refractivity contribution is 0.573. The molecule has 0 saturated heterocycles. The number of hydrogen-bond acceptors (Lipinski definition) is 2. The minimum atomic E-state index is 0.464. The van der Waals surface area contributed by atoms with Crippen LogP contribution in [0, 0.1) is 18.3 Å². The summed E-state index contributed by atoms with van der Waals surface area (Å²) in [4.78, 5) is 0.464. The van der Waals surface area contributed by atoms with E-state index in [2.05, 4.69) is 32.2 Å². The van der Waals surface area contributed by atoms with Crippen LogP contribution < -0.4 is 11.1 Å². The van der Waals surface area contributed by atoms with Gasteiger partial charge in [0.05, 0.1) is 0 Å². The van der Waals surface area contributed by atoms with Gasteiger partial charge in [0, 0.05) is 17.8 Å². The van der Waals surface area contributed by atoms with Crippen LogP contribution in [-0.4, -0.2) is 11.5 Å². The molecule has 0 bridgehead atoms. The summed E-state index contributed by atoms with van der Waals surface area (Å²) in [7, 11) is 0. The zero-order valence-corrected chi connectivity index (χ0v) is 11.5. The van der Waals surface area contributed by atoms with Gasteiger partial charge in [-0.3, -0.25) is 0 Å². The molecule has 1 aromatic rings. The largest absolute Gasteiger partial charge is 0.389 e. The van der Waals surface area contributed by atoms with E-state index in [1.54, 1.807) is 0 Å².